The number of rotatable bonds is 6. The molecule has 3 aliphatic rings. The standard InChI is InChI=1S/C19H24BN2O2S2/c1-24-14-2-3-16-17(10-14)26-18(21-16)11-15(25)4-7-19(23)12-22(20)8-5-13(19)6-9-22/h2-3,10,13,23H,4-9,11-12H2,1H3. The summed E-state index contributed by atoms with van der Waals surface area (Å²) < 4.78 is 6.92. The van der Waals surface area contributed by atoms with Gasteiger partial charge in [-0.05, 0) is 48.7 Å². The van der Waals surface area contributed by atoms with Crippen LogP contribution in [0.2, 0.25) is 0 Å². The molecule has 1 aromatic carbocycles. The van der Waals surface area contributed by atoms with Crippen molar-refractivity contribution in [1.82, 2.24) is 4.98 Å². The van der Waals surface area contributed by atoms with Crippen LogP contribution in [0.5, 0.6) is 5.75 Å². The molecule has 3 aliphatic heterocycles. The molecule has 1 atom stereocenters. The number of hydrogen-bond donors (Lipinski definition) is 1. The zero-order valence-corrected chi connectivity index (χ0v) is 16.7. The molecule has 3 radical (unpaired) electrons. The van der Waals surface area contributed by atoms with Crippen LogP contribution >= 0.6 is 23.6 Å². The number of quaternary nitrogens is 1. The number of benzene rings is 1. The van der Waals surface area contributed by atoms with E-state index in [9.17, 15) is 5.11 Å². The van der Waals surface area contributed by atoms with Gasteiger partial charge in [-0.2, -0.15) is 0 Å². The fourth-order valence-electron chi connectivity index (χ4n) is 4.50. The van der Waals surface area contributed by atoms with Crippen molar-refractivity contribution in [1.29, 1.82) is 0 Å². The summed E-state index contributed by atoms with van der Waals surface area (Å²) in [5, 5.41) is 12.2. The summed E-state index contributed by atoms with van der Waals surface area (Å²) in [6.07, 6.45) is 4.22. The summed E-state index contributed by atoms with van der Waals surface area (Å²) in [4.78, 5) is 5.64. The zero-order valence-electron chi connectivity index (χ0n) is 15.1. The fourth-order valence-corrected chi connectivity index (χ4v) is 5.87. The minimum Gasteiger partial charge on any atom is -0.586 e. The van der Waals surface area contributed by atoms with E-state index in [0.29, 0.717) is 29.7 Å². The Labute approximate surface area is 165 Å². The van der Waals surface area contributed by atoms with Gasteiger partial charge in [-0.15, -0.1) is 11.3 Å². The molecule has 2 aromatic rings. The van der Waals surface area contributed by atoms with E-state index in [2.05, 4.69) is 4.98 Å². The molecule has 7 heteroatoms. The zero-order chi connectivity index (χ0) is 18.4. The highest BCUT2D eigenvalue weighted by Gasteiger charge is 2.47. The largest absolute Gasteiger partial charge is 0.586 e. The predicted octanol–water partition coefficient (Wildman–Crippen LogP) is 3.05. The number of thiocarbonyl (C=S) groups is 1. The Bertz CT molecular complexity index is 832. The summed E-state index contributed by atoms with van der Waals surface area (Å²) in [5.74, 6) is 1.22. The second-order valence-electron chi connectivity index (χ2n) is 7.86. The normalized spacial score (nSPS) is 30.7. The van der Waals surface area contributed by atoms with Gasteiger partial charge < -0.3 is 14.2 Å². The van der Waals surface area contributed by atoms with Gasteiger partial charge in [0.2, 0.25) is 0 Å². The molecule has 0 spiro atoms. The lowest BCUT2D eigenvalue weighted by molar-refractivity contribution is -0.846. The number of aliphatic hydroxyl groups is 1. The number of hydrogen-bond acceptors (Lipinski definition) is 5. The van der Waals surface area contributed by atoms with Crippen LogP contribution in [0, 0.1) is 5.92 Å². The van der Waals surface area contributed by atoms with Gasteiger partial charge >= 0.3 is 0 Å². The first-order valence-electron chi connectivity index (χ1n) is 9.21. The number of fused-ring (bicyclic) bond motifs is 4. The van der Waals surface area contributed by atoms with Gasteiger partial charge in [0.25, 0.3) is 0 Å². The van der Waals surface area contributed by atoms with Crippen molar-refractivity contribution in [3.63, 3.8) is 0 Å². The number of thiazole rings is 1. The Balaban J connectivity index is 1.38. The minimum atomic E-state index is -0.656. The van der Waals surface area contributed by atoms with E-state index < -0.39 is 5.60 Å². The van der Waals surface area contributed by atoms with Crippen LogP contribution < -0.4 is 4.74 Å². The van der Waals surface area contributed by atoms with E-state index in [1.165, 1.54) is 0 Å². The number of nitrogens with zero attached hydrogens (tertiary/aromatic N) is 2. The van der Waals surface area contributed by atoms with Gasteiger partial charge in [-0.25, -0.2) is 13.0 Å². The number of methoxy groups -OCH3 is 1. The maximum atomic E-state index is 11.1. The highest BCUT2D eigenvalue weighted by Crippen LogP contribution is 2.41. The summed E-state index contributed by atoms with van der Waals surface area (Å²) in [7, 11) is 8.07. The molecule has 3 saturated heterocycles. The SMILES string of the molecule is [B-][N+]12CCC(CC1)C(O)(CCC(=S)Cc1nc3ccc(OC)cc3s1)C2. The van der Waals surface area contributed by atoms with Gasteiger partial charge in [0.15, 0.2) is 0 Å². The van der Waals surface area contributed by atoms with Crippen LogP contribution in [0.3, 0.4) is 0 Å². The average Bonchev–Trinajstić information content (AvgIpc) is 3.01. The molecule has 1 unspecified atom stereocenters. The summed E-state index contributed by atoms with van der Waals surface area (Å²) in [6.45, 7) is 2.65. The van der Waals surface area contributed by atoms with Crippen LogP contribution in [0.1, 0.15) is 30.7 Å². The molecule has 0 aliphatic carbocycles. The van der Waals surface area contributed by atoms with Crippen LogP contribution in [-0.4, -0.2) is 59.7 Å². The molecule has 1 aromatic heterocycles. The lowest BCUT2D eigenvalue weighted by Crippen LogP contribution is -2.68. The highest BCUT2D eigenvalue weighted by atomic mass is 32.1. The van der Waals surface area contributed by atoms with Gasteiger partial charge in [0.05, 0.1) is 28.9 Å². The third kappa shape index (κ3) is 3.54. The van der Waals surface area contributed by atoms with Crippen LogP contribution in [0.15, 0.2) is 18.2 Å². The first-order valence-corrected chi connectivity index (χ1v) is 10.4. The maximum Gasteiger partial charge on any atom is 0.120 e. The second-order valence-corrected chi connectivity index (χ2v) is 9.55. The first-order chi connectivity index (χ1) is 12.4. The molecule has 0 amide bonds. The Morgan fingerprint density at radius 1 is 1.46 bits per heavy atom. The number of piperidine rings is 3. The van der Waals surface area contributed by atoms with Crippen LogP contribution in [0.25, 0.3) is 10.2 Å². The molecular weight excluding hydrogens is 363 g/mol. The molecule has 137 valence electrons. The molecular formula is C19H24BN2O2S2. The summed E-state index contributed by atoms with van der Waals surface area (Å²) in [6, 6.07) is 5.93. The second kappa shape index (κ2) is 6.86. The van der Waals surface area contributed by atoms with E-state index in [1.807, 2.05) is 18.2 Å². The van der Waals surface area contributed by atoms with Gasteiger partial charge in [0.1, 0.15) is 11.4 Å². The van der Waals surface area contributed by atoms with E-state index in [4.69, 9.17) is 24.9 Å². The summed E-state index contributed by atoms with van der Waals surface area (Å²) >= 11 is 7.28. The Kier molecular flexibility index (Phi) is 4.84. The lowest BCUT2D eigenvalue weighted by Gasteiger charge is -2.64. The van der Waals surface area contributed by atoms with E-state index in [1.54, 1.807) is 18.4 Å². The lowest BCUT2D eigenvalue weighted by atomic mass is 9.69. The minimum absolute atomic E-state index is 0.378. The van der Waals surface area contributed by atoms with Crippen LogP contribution in [0.4, 0.5) is 0 Å². The Hall–Kier alpha value is -1.02. The van der Waals surface area contributed by atoms with Crippen molar-refractivity contribution in [2.75, 3.05) is 26.7 Å². The van der Waals surface area contributed by atoms with Crippen molar-refractivity contribution in [3.05, 3.63) is 23.2 Å². The van der Waals surface area contributed by atoms with Crippen molar-refractivity contribution < 1.29 is 14.2 Å². The molecule has 3 fully saturated rings. The number of aromatic nitrogens is 1. The molecule has 4 heterocycles. The molecule has 1 N–H and O–H groups in total. The topological polar surface area (TPSA) is 42.4 Å². The average molecular weight is 387 g/mol. The first kappa shape index (κ1) is 18.4. The Morgan fingerprint density at radius 2 is 2.23 bits per heavy atom. The van der Waals surface area contributed by atoms with E-state index >= 15 is 0 Å². The number of ether oxygens (including phenoxy) is 1. The van der Waals surface area contributed by atoms with Gasteiger partial charge in [-0.3, -0.25) is 0 Å². The van der Waals surface area contributed by atoms with Gasteiger partial charge in [-0.1, -0.05) is 12.2 Å². The fraction of sp³-hybridized carbons (Fsp3) is 0.579. The Morgan fingerprint density at radius 3 is 2.92 bits per heavy atom. The van der Waals surface area contributed by atoms with Gasteiger partial charge in [0, 0.05) is 25.4 Å². The van der Waals surface area contributed by atoms with Crippen molar-refractivity contribution in [2.45, 2.75) is 37.7 Å². The molecule has 5 rings (SSSR count). The van der Waals surface area contributed by atoms with Crippen molar-refractivity contribution >= 4 is 46.6 Å². The third-order valence-corrected chi connectivity index (χ3v) is 7.39. The molecule has 0 saturated carbocycles. The van der Waals surface area contributed by atoms with Crippen molar-refractivity contribution in [2.24, 2.45) is 5.92 Å². The van der Waals surface area contributed by atoms with E-state index in [0.717, 1.165) is 58.2 Å². The smallest absolute Gasteiger partial charge is 0.120 e. The monoisotopic (exact) mass is 387 g/mol. The van der Waals surface area contributed by atoms with Crippen LogP contribution in [-0.2, 0) is 6.42 Å². The third-order valence-electron chi connectivity index (χ3n) is 6.02. The quantitative estimate of drug-likeness (QED) is 0.611. The maximum absolute atomic E-state index is 11.1. The molecule has 26 heavy (non-hydrogen) atoms. The summed E-state index contributed by atoms with van der Waals surface area (Å²) in [5.41, 5.74) is 0.329. The highest BCUT2D eigenvalue weighted by molar-refractivity contribution is 7.80. The van der Waals surface area contributed by atoms with E-state index in [-0.39, 0.29) is 0 Å². The predicted molar refractivity (Wildman–Crippen MR) is 110 cm³/mol. The molecule has 4 nitrogen and oxygen atoms in total. The molecule has 2 bridgehead atoms. The van der Waals surface area contributed by atoms with Crippen molar-refractivity contribution in [3.8, 4) is 5.75 Å².